The summed E-state index contributed by atoms with van der Waals surface area (Å²) in [5.74, 6) is 1.76. The van der Waals surface area contributed by atoms with Crippen molar-refractivity contribution in [2.45, 2.75) is 75.3 Å². The summed E-state index contributed by atoms with van der Waals surface area (Å²) in [4.78, 5) is 17.9. The Balaban J connectivity index is 1.35. The maximum atomic E-state index is 13.1. The fourth-order valence-corrected chi connectivity index (χ4v) is 6.91. The molecule has 4 nitrogen and oxygen atoms in total. The topological polar surface area (TPSA) is 43.8 Å². The molecule has 0 bridgehead atoms. The van der Waals surface area contributed by atoms with Crippen molar-refractivity contribution >= 4 is 5.91 Å². The number of likely N-dealkylation sites (tertiary alicyclic amines) is 2. The van der Waals surface area contributed by atoms with Crippen LogP contribution < -0.4 is 0 Å². The summed E-state index contributed by atoms with van der Waals surface area (Å²) < 4.78 is 0. The van der Waals surface area contributed by atoms with E-state index in [0.29, 0.717) is 11.8 Å². The van der Waals surface area contributed by atoms with Crippen molar-refractivity contribution in [1.29, 1.82) is 0 Å². The molecule has 5 rings (SSSR count). The Hall–Kier alpha value is -1.39. The quantitative estimate of drug-likeness (QED) is 0.823. The van der Waals surface area contributed by atoms with Gasteiger partial charge in [0.1, 0.15) is 0 Å². The molecule has 4 fully saturated rings. The fraction of sp³-hybridized carbons (Fsp3) is 0.720. The summed E-state index contributed by atoms with van der Waals surface area (Å²) in [5.41, 5.74) is 1.38. The minimum absolute atomic E-state index is 0.0433. The van der Waals surface area contributed by atoms with E-state index in [-0.39, 0.29) is 24.1 Å². The van der Waals surface area contributed by atoms with Crippen molar-refractivity contribution in [1.82, 2.24) is 9.80 Å². The lowest BCUT2D eigenvalue weighted by atomic mass is 9.60. The van der Waals surface area contributed by atoms with Gasteiger partial charge in [-0.15, -0.1) is 0 Å². The number of amides is 1. The number of carbonyl (C=O) groups is 1. The molecule has 0 radical (unpaired) electrons. The molecule has 2 heterocycles. The first-order valence-corrected chi connectivity index (χ1v) is 11.9. The number of nitrogens with zero attached hydrogens (tertiary/aromatic N) is 2. The summed E-state index contributed by atoms with van der Waals surface area (Å²) in [5, 5.41) is 10.3. The molecule has 2 saturated carbocycles. The second-order valence-corrected chi connectivity index (χ2v) is 10.1. The average Bonchev–Trinajstić information content (AvgIpc) is 3.24. The standard InChI is InChI=1S/C25H36N2O2/c28-16-22-23(20-11-3-1-4-12-20)25(27(22)15-19-9-7-8-10-19)17-26(18-25)24(29)21-13-5-2-6-14-21/h1,3-4,11-12,19,21-23,28H,2,5-10,13-18H2/t22-,23+/m1/s1. The van der Waals surface area contributed by atoms with Crippen LogP contribution in [-0.2, 0) is 4.79 Å². The highest BCUT2D eigenvalue weighted by Crippen LogP contribution is 2.55. The summed E-state index contributed by atoms with van der Waals surface area (Å²) in [6.07, 6.45) is 11.2. The Labute approximate surface area is 175 Å². The molecular weight excluding hydrogens is 360 g/mol. The van der Waals surface area contributed by atoms with Gasteiger partial charge in [0.15, 0.2) is 0 Å². The normalized spacial score (nSPS) is 30.3. The zero-order valence-electron chi connectivity index (χ0n) is 17.6. The fourth-order valence-electron chi connectivity index (χ4n) is 6.91. The number of carbonyl (C=O) groups excluding carboxylic acids is 1. The molecule has 0 unspecified atom stereocenters. The van der Waals surface area contributed by atoms with E-state index in [2.05, 4.69) is 40.1 Å². The molecule has 2 aliphatic carbocycles. The van der Waals surface area contributed by atoms with Crippen molar-refractivity contribution in [3.8, 4) is 0 Å². The second kappa shape index (κ2) is 8.03. The first kappa shape index (κ1) is 19.6. The van der Waals surface area contributed by atoms with Crippen molar-refractivity contribution in [3.05, 3.63) is 35.9 Å². The van der Waals surface area contributed by atoms with Crippen LogP contribution in [-0.4, -0.2) is 58.6 Å². The summed E-state index contributed by atoms with van der Waals surface area (Å²) >= 11 is 0. The molecule has 2 aliphatic heterocycles. The Morgan fingerprint density at radius 2 is 1.62 bits per heavy atom. The van der Waals surface area contributed by atoms with Crippen LogP contribution in [0.5, 0.6) is 0 Å². The Morgan fingerprint density at radius 1 is 0.966 bits per heavy atom. The highest BCUT2D eigenvalue weighted by atomic mass is 16.3. The lowest BCUT2D eigenvalue weighted by Crippen LogP contribution is -2.85. The Bertz CT molecular complexity index is 703. The molecule has 2 saturated heterocycles. The molecule has 1 aromatic carbocycles. The van der Waals surface area contributed by atoms with Crippen molar-refractivity contribution in [3.63, 3.8) is 0 Å². The van der Waals surface area contributed by atoms with E-state index in [4.69, 9.17) is 0 Å². The monoisotopic (exact) mass is 396 g/mol. The second-order valence-electron chi connectivity index (χ2n) is 10.1. The molecule has 158 valence electrons. The average molecular weight is 397 g/mol. The molecule has 1 N–H and O–H groups in total. The van der Waals surface area contributed by atoms with Gasteiger partial charge in [-0.25, -0.2) is 0 Å². The summed E-state index contributed by atoms with van der Waals surface area (Å²) in [6, 6.07) is 10.9. The van der Waals surface area contributed by atoms with Gasteiger partial charge in [0.2, 0.25) is 5.91 Å². The van der Waals surface area contributed by atoms with E-state index in [1.165, 1.54) is 50.5 Å². The maximum absolute atomic E-state index is 13.1. The largest absolute Gasteiger partial charge is 0.395 e. The zero-order chi connectivity index (χ0) is 19.8. The van der Waals surface area contributed by atoms with Gasteiger partial charge in [0.05, 0.1) is 12.1 Å². The highest BCUT2D eigenvalue weighted by Gasteiger charge is 2.66. The van der Waals surface area contributed by atoms with Gasteiger partial charge in [0, 0.05) is 37.5 Å². The zero-order valence-corrected chi connectivity index (χ0v) is 17.6. The predicted molar refractivity (Wildman–Crippen MR) is 115 cm³/mol. The molecule has 29 heavy (non-hydrogen) atoms. The third kappa shape index (κ3) is 3.33. The van der Waals surface area contributed by atoms with Crippen LogP contribution in [0.3, 0.4) is 0 Å². The maximum Gasteiger partial charge on any atom is 0.225 e. The third-order valence-electron chi connectivity index (χ3n) is 8.41. The molecule has 4 aliphatic rings. The number of hydrogen-bond donors (Lipinski definition) is 1. The first-order valence-electron chi connectivity index (χ1n) is 11.9. The predicted octanol–water partition coefficient (Wildman–Crippen LogP) is 3.80. The Morgan fingerprint density at radius 3 is 2.28 bits per heavy atom. The van der Waals surface area contributed by atoms with E-state index in [9.17, 15) is 9.90 Å². The van der Waals surface area contributed by atoms with Crippen LogP contribution in [0.25, 0.3) is 0 Å². The van der Waals surface area contributed by atoms with Gasteiger partial charge < -0.3 is 10.0 Å². The van der Waals surface area contributed by atoms with Gasteiger partial charge in [-0.1, -0.05) is 62.4 Å². The molecule has 2 atom stereocenters. The van der Waals surface area contributed by atoms with E-state index >= 15 is 0 Å². The number of benzene rings is 1. The van der Waals surface area contributed by atoms with Crippen LogP contribution in [0.1, 0.15) is 69.3 Å². The molecular formula is C25H36N2O2. The summed E-state index contributed by atoms with van der Waals surface area (Å²) in [6.45, 7) is 3.01. The van der Waals surface area contributed by atoms with E-state index in [1.54, 1.807) is 0 Å². The van der Waals surface area contributed by atoms with Crippen LogP contribution in [0.2, 0.25) is 0 Å². The van der Waals surface area contributed by atoms with Crippen molar-refractivity contribution in [2.75, 3.05) is 26.2 Å². The highest BCUT2D eigenvalue weighted by molar-refractivity contribution is 5.80. The van der Waals surface area contributed by atoms with Gasteiger partial charge in [0.25, 0.3) is 0 Å². The smallest absolute Gasteiger partial charge is 0.225 e. The SMILES string of the molecule is O=C(C1CCCCC1)N1CC2(C1)[C@@H](c1ccccc1)[C@@H](CO)N2CC1CCCC1. The number of hydrogen-bond acceptors (Lipinski definition) is 3. The molecule has 1 spiro atoms. The first-order chi connectivity index (χ1) is 14.2. The summed E-state index contributed by atoms with van der Waals surface area (Å²) in [7, 11) is 0. The van der Waals surface area contributed by atoms with Gasteiger partial charge in [-0.2, -0.15) is 0 Å². The van der Waals surface area contributed by atoms with Crippen LogP contribution in [0, 0.1) is 11.8 Å². The molecule has 0 aromatic heterocycles. The number of rotatable bonds is 5. The number of aliphatic hydroxyl groups excluding tert-OH is 1. The Kier molecular flexibility index (Phi) is 5.42. The molecule has 4 heteroatoms. The third-order valence-corrected chi connectivity index (χ3v) is 8.41. The van der Waals surface area contributed by atoms with Gasteiger partial charge >= 0.3 is 0 Å². The lowest BCUT2D eigenvalue weighted by Gasteiger charge is -2.71. The van der Waals surface area contributed by atoms with Crippen LogP contribution >= 0.6 is 0 Å². The van der Waals surface area contributed by atoms with Crippen LogP contribution in [0.4, 0.5) is 0 Å². The van der Waals surface area contributed by atoms with E-state index < -0.39 is 0 Å². The minimum Gasteiger partial charge on any atom is -0.395 e. The van der Waals surface area contributed by atoms with Gasteiger partial charge in [-0.05, 0) is 37.2 Å². The lowest BCUT2D eigenvalue weighted by molar-refractivity contribution is -0.202. The van der Waals surface area contributed by atoms with Gasteiger partial charge in [-0.3, -0.25) is 9.69 Å². The molecule has 1 amide bonds. The van der Waals surface area contributed by atoms with E-state index in [1.807, 2.05) is 0 Å². The number of aliphatic hydroxyl groups is 1. The minimum atomic E-state index is 0.0433. The molecule has 1 aromatic rings. The van der Waals surface area contributed by atoms with Crippen LogP contribution in [0.15, 0.2) is 30.3 Å². The van der Waals surface area contributed by atoms with E-state index in [0.717, 1.165) is 38.4 Å². The van der Waals surface area contributed by atoms with Crippen molar-refractivity contribution < 1.29 is 9.90 Å². The van der Waals surface area contributed by atoms with Crippen molar-refractivity contribution in [2.24, 2.45) is 11.8 Å².